The minimum atomic E-state index is -3.41. The Kier molecular flexibility index (Phi) is 7.09. The van der Waals surface area contributed by atoms with Crippen LogP contribution in [0.15, 0.2) is 47.9 Å². The molecule has 6 heteroatoms. The summed E-state index contributed by atoms with van der Waals surface area (Å²) < 4.78 is 40.9. The van der Waals surface area contributed by atoms with Gasteiger partial charge in [-0.15, -0.1) is 0 Å². The van der Waals surface area contributed by atoms with E-state index in [2.05, 4.69) is 0 Å². The molecule has 2 rings (SSSR count). The lowest BCUT2D eigenvalue weighted by atomic mass is 10.2. The number of sulfone groups is 1. The van der Waals surface area contributed by atoms with Crippen molar-refractivity contribution in [3.05, 3.63) is 59.0 Å². The topological polar surface area (TPSA) is 61.8 Å². The minimum Gasteiger partial charge on any atom is -0.497 e. The molecule has 0 N–H and O–H groups in total. The van der Waals surface area contributed by atoms with Crippen molar-refractivity contribution in [1.82, 2.24) is 0 Å². The maximum absolute atomic E-state index is 12.4. The number of ether oxygens (including phenoxy) is 3. The van der Waals surface area contributed by atoms with Gasteiger partial charge in [-0.2, -0.15) is 0 Å². The highest BCUT2D eigenvalue weighted by Crippen LogP contribution is 2.27. The Labute approximate surface area is 155 Å². The van der Waals surface area contributed by atoms with Crippen molar-refractivity contribution in [3.8, 4) is 17.2 Å². The molecule has 0 amide bonds. The summed E-state index contributed by atoms with van der Waals surface area (Å²) in [4.78, 5) is 0. The van der Waals surface area contributed by atoms with Gasteiger partial charge in [0.25, 0.3) is 0 Å². The second-order valence-corrected chi connectivity index (χ2v) is 7.41. The molecule has 0 aromatic heterocycles. The van der Waals surface area contributed by atoms with E-state index < -0.39 is 9.84 Å². The number of benzene rings is 2. The standard InChI is InChI=1S/C20H24O5S/c1-4-24-19-11-8-17(20(14-19)25-5-2)12-13-26(21,22)15-16-6-9-18(23-3)10-7-16/h6-14H,4-5,15H2,1-3H3. The van der Waals surface area contributed by atoms with Crippen molar-refractivity contribution in [3.63, 3.8) is 0 Å². The van der Waals surface area contributed by atoms with Crippen molar-refractivity contribution in [2.75, 3.05) is 20.3 Å². The molecule has 5 nitrogen and oxygen atoms in total. The van der Waals surface area contributed by atoms with Crippen LogP contribution in [0, 0.1) is 0 Å². The molecule has 2 aromatic carbocycles. The van der Waals surface area contributed by atoms with Gasteiger partial charge in [0, 0.05) is 17.0 Å². The van der Waals surface area contributed by atoms with Gasteiger partial charge in [0.05, 0.1) is 26.1 Å². The molecule has 0 aliphatic rings. The molecule has 0 atom stereocenters. The Morgan fingerprint density at radius 3 is 2.19 bits per heavy atom. The molecule has 0 aliphatic carbocycles. The first-order valence-electron chi connectivity index (χ1n) is 8.40. The van der Waals surface area contributed by atoms with Gasteiger partial charge in [-0.25, -0.2) is 8.42 Å². The fourth-order valence-corrected chi connectivity index (χ4v) is 3.48. The lowest BCUT2D eigenvalue weighted by molar-refractivity contribution is 0.322. The number of rotatable bonds is 9. The highest BCUT2D eigenvalue weighted by atomic mass is 32.2. The van der Waals surface area contributed by atoms with E-state index in [0.717, 1.165) is 0 Å². The number of methoxy groups -OCH3 is 1. The van der Waals surface area contributed by atoms with Crippen LogP contribution in [0.25, 0.3) is 6.08 Å². The van der Waals surface area contributed by atoms with Crippen LogP contribution < -0.4 is 14.2 Å². The van der Waals surface area contributed by atoms with E-state index in [-0.39, 0.29) is 5.75 Å². The maximum Gasteiger partial charge on any atom is 0.175 e. The van der Waals surface area contributed by atoms with Crippen LogP contribution in [0.4, 0.5) is 0 Å². The summed E-state index contributed by atoms with van der Waals surface area (Å²) in [7, 11) is -1.84. The van der Waals surface area contributed by atoms with Gasteiger partial charge in [-0.3, -0.25) is 0 Å². The van der Waals surface area contributed by atoms with E-state index >= 15 is 0 Å². The molecule has 0 heterocycles. The third kappa shape index (κ3) is 5.81. The molecule has 26 heavy (non-hydrogen) atoms. The molecule has 140 valence electrons. The first kappa shape index (κ1) is 19.8. The van der Waals surface area contributed by atoms with E-state index in [1.807, 2.05) is 13.8 Å². The largest absolute Gasteiger partial charge is 0.497 e. The van der Waals surface area contributed by atoms with Gasteiger partial charge < -0.3 is 14.2 Å². The number of hydrogen-bond acceptors (Lipinski definition) is 5. The molecule has 0 fully saturated rings. The summed E-state index contributed by atoms with van der Waals surface area (Å²) in [5.41, 5.74) is 1.39. The van der Waals surface area contributed by atoms with Gasteiger partial charge >= 0.3 is 0 Å². The second-order valence-electron chi connectivity index (χ2n) is 5.52. The third-order valence-corrected chi connectivity index (χ3v) is 4.86. The lowest BCUT2D eigenvalue weighted by Crippen LogP contribution is -2.00. The molecule has 0 radical (unpaired) electrons. The fraction of sp³-hybridized carbons (Fsp3) is 0.300. The maximum atomic E-state index is 12.4. The zero-order valence-corrected chi connectivity index (χ0v) is 16.1. The Morgan fingerprint density at radius 2 is 1.58 bits per heavy atom. The molecule has 0 bridgehead atoms. The zero-order valence-electron chi connectivity index (χ0n) is 15.3. The van der Waals surface area contributed by atoms with Crippen molar-refractivity contribution >= 4 is 15.9 Å². The van der Waals surface area contributed by atoms with Crippen molar-refractivity contribution < 1.29 is 22.6 Å². The van der Waals surface area contributed by atoms with Crippen molar-refractivity contribution in [2.24, 2.45) is 0 Å². The fourth-order valence-electron chi connectivity index (χ4n) is 2.37. The van der Waals surface area contributed by atoms with Crippen molar-refractivity contribution in [2.45, 2.75) is 19.6 Å². The van der Waals surface area contributed by atoms with Crippen molar-refractivity contribution in [1.29, 1.82) is 0 Å². The van der Waals surface area contributed by atoms with Crippen LogP contribution >= 0.6 is 0 Å². The van der Waals surface area contributed by atoms with Crippen LogP contribution in [0.1, 0.15) is 25.0 Å². The van der Waals surface area contributed by atoms with E-state index in [9.17, 15) is 8.42 Å². The van der Waals surface area contributed by atoms with Gasteiger partial charge in [0.15, 0.2) is 9.84 Å². The molecule has 0 aliphatic heterocycles. The summed E-state index contributed by atoms with van der Waals surface area (Å²) in [6.07, 6.45) is 1.56. The SMILES string of the molecule is CCOc1ccc(C=CS(=O)(=O)Cc2ccc(OC)cc2)c(OCC)c1. The Bertz CT molecular complexity index is 839. The normalized spacial score (nSPS) is 11.5. The molecule has 0 unspecified atom stereocenters. The Balaban J connectivity index is 2.17. The summed E-state index contributed by atoms with van der Waals surface area (Å²) in [5, 5.41) is 1.22. The quantitative estimate of drug-likeness (QED) is 0.660. The van der Waals surface area contributed by atoms with Crippen LogP contribution in [0.5, 0.6) is 17.2 Å². The smallest absolute Gasteiger partial charge is 0.175 e. The second kappa shape index (κ2) is 9.29. The molecule has 2 aromatic rings. The average molecular weight is 376 g/mol. The highest BCUT2D eigenvalue weighted by Gasteiger charge is 2.10. The average Bonchev–Trinajstić information content (AvgIpc) is 2.62. The lowest BCUT2D eigenvalue weighted by Gasteiger charge is -2.10. The first-order chi connectivity index (χ1) is 12.5. The molecule has 0 saturated carbocycles. The van der Waals surface area contributed by atoms with Gasteiger partial charge in [0.1, 0.15) is 17.2 Å². The Hall–Kier alpha value is -2.47. The van der Waals surface area contributed by atoms with E-state index in [1.165, 1.54) is 5.41 Å². The summed E-state index contributed by atoms with van der Waals surface area (Å²) in [5.74, 6) is 1.90. The van der Waals surface area contributed by atoms with E-state index in [1.54, 1.807) is 55.7 Å². The van der Waals surface area contributed by atoms with E-state index in [0.29, 0.717) is 41.6 Å². The zero-order chi connectivity index (χ0) is 19.0. The summed E-state index contributed by atoms with van der Waals surface area (Å²) in [6.45, 7) is 4.81. The molecule has 0 spiro atoms. The van der Waals surface area contributed by atoms with Gasteiger partial charge in [-0.05, 0) is 49.8 Å². The van der Waals surface area contributed by atoms with Crippen LogP contribution in [-0.4, -0.2) is 28.7 Å². The monoisotopic (exact) mass is 376 g/mol. The van der Waals surface area contributed by atoms with Gasteiger partial charge in [-0.1, -0.05) is 12.1 Å². The van der Waals surface area contributed by atoms with E-state index in [4.69, 9.17) is 14.2 Å². The van der Waals surface area contributed by atoms with Crippen LogP contribution in [-0.2, 0) is 15.6 Å². The van der Waals surface area contributed by atoms with Gasteiger partial charge in [0.2, 0.25) is 0 Å². The molecule has 0 saturated heterocycles. The number of hydrogen-bond donors (Lipinski definition) is 0. The molecular formula is C20H24O5S. The third-order valence-electron chi connectivity index (χ3n) is 3.58. The predicted molar refractivity (Wildman–Crippen MR) is 103 cm³/mol. The summed E-state index contributed by atoms with van der Waals surface area (Å²) >= 11 is 0. The minimum absolute atomic E-state index is 0.0749. The summed E-state index contributed by atoms with van der Waals surface area (Å²) in [6, 6.07) is 12.3. The highest BCUT2D eigenvalue weighted by molar-refractivity contribution is 7.93. The molecular weight excluding hydrogens is 352 g/mol. The first-order valence-corrected chi connectivity index (χ1v) is 10.1. The van der Waals surface area contributed by atoms with Crippen LogP contribution in [0.3, 0.4) is 0 Å². The Morgan fingerprint density at radius 1 is 0.923 bits per heavy atom. The van der Waals surface area contributed by atoms with Crippen LogP contribution in [0.2, 0.25) is 0 Å². The predicted octanol–water partition coefficient (Wildman–Crippen LogP) is 4.08.